The molecule has 14 heavy (non-hydrogen) atoms. The van der Waals surface area contributed by atoms with Crippen LogP contribution in [0.3, 0.4) is 0 Å². The van der Waals surface area contributed by atoms with Crippen molar-refractivity contribution in [2.24, 2.45) is 12.5 Å². The molecule has 80 valence electrons. The molecule has 0 aliphatic heterocycles. The average Bonchev–Trinajstić information content (AvgIpc) is 2.32. The van der Waals surface area contributed by atoms with Gasteiger partial charge < -0.3 is 0 Å². The van der Waals surface area contributed by atoms with Crippen molar-refractivity contribution in [1.29, 1.82) is 0 Å². The van der Waals surface area contributed by atoms with Gasteiger partial charge in [-0.25, -0.2) is 0 Å². The summed E-state index contributed by atoms with van der Waals surface area (Å²) in [5.74, 6) is 0. The molecule has 0 aromatic carbocycles. The minimum Gasteiger partial charge on any atom is -0.272 e. The second kappa shape index (κ2) is 4.05. The maximum Gasteiger partial charge on any atom is 0.0628 e. The smallest absolute Gasteiger partial charge is 0.0628 e. The van der Waals surface area contributed by atoms with Crippen LogP contribution in [0.1, 0.15) is 30.8 Å². The Morgan fingerprint density at radius 3 is 2.29 bits per heavy atom. The lowest BCUT2D eigenvalue weighted by atomic mass is 9.87. The van der Waals surface area contributed by atoms with E-state index in [2.05, 4.69) is 48.7 Å². The van der Waals surface area contributed by atoms with Gasteiger partial charge in [-0.15, -0.1) is 0 Å². The van der Waals surface area contributed by atoms with E-state index in [1.807, 2.05) is 11.7 Å². The summed E-state index contributed by atoms with van der Waals surface area (Å²) in [5.41, 5.74) is 4.16. The molecule has 0 radical (unpaired) electrons. The van der Waals surface area contributed by atoms with Crippen LogP contribution in [0.5, 0.6) is 0 Å². The summed E-state index contributed by atoms with van der Waals surface area (Å²) >= 11 is 3.56. The van der Waals surface area contributed by atoms with Crippen molar-refractivity contribution in [2.45, 2.75) is 34.1 Å². The van der Waals surface area contributed by atoms with Gasteiger partial charge in [-0.3, -0.25) is 4.68 Å². The largest absolute Gasteiger partial charge is 0.272 e. The zero-order valence-electron chi connectivity index (χ0n) is 9.69. The Kier molecular flexibility index (Phi) is 3.40. The van der Waals surface area contributed by atoms with Gasteiger partial charge in [0.1, 0.15) is 0 Å². The number of aromatic nitrogens is 2. The maximum absolute atomic E-state index is 4.43. The number of hydrogen-bond donors (Lipinski definition) is 0. The van der Waals surface area contributed by atoms with E-state index in [1.54, 1.807) is 0 Å². The average molecular weight is 259 g/mol. The van der Waals surface area contributed by atoms with Gasteiger partial charge in [-0.2, -0.15) is 5.10 Å². The molecule has 1 aromatic heterocycles. The second-order valence-electron chi connectivity index (χ2n) is 4.75. The molecule has 1 heterocycles. The second-order valence-corrected chi connectivity index (χ2v) is 5.31. The molecule has 1 aromatic rings. The van der Waals surface area contributed by atoms with Crippen LogP contribution in [-0.2, 0) is 13.5 Å². The first-order chi connectivity index (χ1) is 6.37. The SMILES string of the molecule is Cc1nn(C)c(C)c1CC(C)(C)CBr. The van der Waals surface area contributed by atoms with Crippen molar-refractivity contribution in [2.75, 3.05) is 5.33 Å². The first-order valence-corrected chi connectivity index (χ1v) is 6.04. The zero-order valence-corrected chi connectivity index (χ0v) is 11.3. The maximum atomic E-state index is 4.43. The molecule has 0 saturated carbocycles. The molecule has 2 nitrogen and oxygen atoms in total. The molecule has 0 amide bonds. The molecule has 0 fully saturated rings. The van der Waals surface area contributed by atoms with Gasteiger partial charge in [0.15, 0.2) is 0 Å². The van der Waals surface area contributed by atoms with E-state index in [9.17, 15) is 0 Å². The number of alkyl halides is 1. The molecule has 0 aliphatic carbocycles. The van der Waals surface area contributed by atoms with Crippen molar-refractivity contribution in [3.05, 3.63) is 17.0 Å². The molecule has 0 N–H and O–H groups in total. The first-order valence-electron chi connectivity index (χ1n) is 4.92. The fourth-order valence-corrected chi connectivity index (χ4v) is 1.80. The molecule has 0 bridgehead atoms. The van der Waals surface area contributed by atoms with Crippen molar-refractivity contribution >= 4 is 15.9 Å². The van der Waals surface area contributed by atoms with E-state index in [0.717, 1.165) is 11.8 Å². The van der Waals surface area contributed by atoms with Gasteiger partial charge in [-0.1, -0.05) is 29.8 Å². The number of halogens is 1. The highest BCUT2D eigenvalue weighted by Crippen LogP contribution is 2.27. The fraction of sp³-hybridized carbons (Fsp3) is 0.727. The Labute approximate surface area is 94.8 Å². The molecular weight excluding hydrogens is 240 g/mol. The van der Waals surface area contributed by atoms with Crippen molar-refractivity contribution in [3.8, 4) is 0 Å². The first kappa shape index (κ1) is 11.8. The molecule has 3 heteroatoms. The van der Waals surface area contributed by atoms with Gasteiger partial charge >= 0.3 is 0 Å². The molecule has 0 aliphatic rings. The number of aryl methyl sites for hydroxylation is 2. The van der Waals surface area contributed by atoms with E-state index in [-0.39, 0.29) is 0 Å². The van der Waals surface area contributed by atoms with Crippen molar-refractivity contribution in [3.63, 3.8) is 0 Å². The lowest BCUT2D eigenvalue weighted by Crippen LogP contribution is -2.17. The third-order valence-corrected chi connectivity index (χ3v) is 4.19. The molecule has 0 atom stereocenters. The standard InChI is InChI=1S/C11H19BrN2/c1-8-10(6-11(3,4)7-12)9(2)14(5)13-8/h6-7H2,1-5H3. The van der Waals surface area contributed by atoms with Crippen LogP contribution < -0.4 is 0 Å². The van der Waals surface area contributed by atoms with Crippen LogP contribution in [0.25, 0.3) is 0 Å². The Hall–Kier alpha value is -0.310. The van der Waals surface area contributed by atoms with Crippen molar-refractivity contribution < 1.29 is 0 Å². The van der Waals surface area contributed by atoms with Gasteiger partial charge in [0.25, 0.3) is 0 Å². The van der Waals surface area contributed by atoms with Crippen LogP contribution >= 0.6 is 15.9 Å². The summed E-state index contributed by atoms with van der Waals surface area (Å²) in [7, 11) is 2.01. The topological polar surface area (TPSA) is 17.8 Å². The molecule has 0 spiro atoms. The predicted molar refractivity (Wildman–Crippen MR) is 64.0 cm³/mol. The summed E-state index contributed by atoms with van der Waals surface area (Å²) in [4.78, 5) is 0. The lowest BCUT2D eigenvalue weighted by molar-refractivity contribution is 0.423. The summed E-state index contributed by atoms with van der Waals surface area (Å²) in [5, 5.41) is 5.45. The Balaban J connectivity index is 2.97. The van der Waals surface area contributed by atoms with Crippen LogP contribution in [0.4, 0.5) is 0 Å². The summed E-state index contributed by atoms with van der Waals surface area (Å²) in [6.07, 6.45) is 1.09. The minimum atomic E-state index is 0.304. The van der Waals surface area contributed by atoms with Crippen LogP contribution in [0, 0.1) is 19.3 Å². The van der Waals surface area contributed by atoms with Gasteiger partial charge in [0.05, 0.1) is 5.69 Å². The highest BCUT2D eigenvalue weighted by molar-refractivity contribution is 9.09. The van der Waals surface area contributed by atoms with E-state index in [4.69, 9.17) is 0 Å². The highest BCUT2D eigenvalue weighted by atomic mass is 79.9. The fourth-order valence-electron chi connectivity index (χ4n) is 1.60. The Morgan fingerprint density at radius 2 is 1.93 bits per heavy atom. The highest BCUT2D eigenvalue weighted by Gasteiger charge is 2.21. The van der Waals surface area contributed by atoms with Gasteiger partial charge in [0, 0.05) is 18.1 Å². The van der Waals surface area contributed by atoms with E-state index in [1.165, 1.54) is 17.0 Å². The predicted octanol–water partition coefficient (Wildman–Crippen LogP) is 3.00. The Bertz CT molecular complexity index is 326. The van der Waals surface area contributed by atoms with E-state index in [0.29, 0.717) is 5.41 Å². The quantitative estimate of drug-likeness (QED) is 0.763. The van der Waals surface area contributed by atoms with Crippen LogP contribution in [0.2, 0.25) is 0 Å². The third-order valence-electron chi connectivity index (χ3n) is 2.68. The van der Waals surface area contributed by atoms with Crippen molar-refractivity contribution in [1.82, 2.24) is 9.78 Å². The number of hydrogen-bond acceptors (Lipinski definition) is 1. The van der Waals surface area contributed by atoms with E-state index >= 15 is 0 Å². The minimum absolute atomic E-state index is 0.304. The molecule has 0 saturated heterocycles. The summed E-state index contributed by atoms with van der Waals surface area (Å²) in [6, 6.07) is 0. The number of rotatable bonds is 3. The summed E-state index contributed by atoms with van der Waals surface area (Å²) < 4.78 is 1.97. The zero-order chi connectivity index (χ0) is 10.9. The van der Waals surface area contributed by atoms with Crippen LogP contribution in [-0.4, -0.2) is 15.1 Å². The molecule has 1 rings (SSSR count). The van der Waals surface area contributed by atoms with Gasteiger partial charge in [-0.05, 0) is 31.2 Å². The monoisotopic (exact) mass is 258 g/mol. The normalized spacial score (nSPS) is 12.1. The summed E-state index contributed by atoms with van der Waals surface area (Å²) in [6.45, 7) is 8.77. The van der Waals surface area contributed by atoms with Gasteiger partial charge in [0.2, 0.25) is 0 Å². The molecule has 0 unspecified atom stereocenters. The van der Waals surface area contributed by atoms with Crippen LogP contribution in [0.15, 0.2) is 0 Å². The van der Waals surface area contributed by atoms with E-state index < -0.39 is 0 Å². The lowest BCUT2D eigenvalue weighted by Gasteiger charge is -2.21. The number of nitrogens with zero attached hydrogens (tertiary/aromatic N) is 2. The molecular formula is C11H19BrN2. The third kappa shape index (κ3) is 2.38. The Morgan fingerprint density at radius 1 is 1.36 bits per heavy atom.